The monoisotopic (exact) mass is 362 g/mol. The van der Waals surface area contributed by atoms with Crippen LogP contribution in [0.1, 0.15) is 25.8 Å². The predicted octanol–water partition coefficient (Wildman–Crippen LogP) is 2.49. The summed E-state index contributed by atoms with van der Waals surface area (Å²) < 4.78 is 23.8. The van der Waals surface area contributed by atoms with E-state index in [0.29, 0.717) is 25.1 Å². The molecule has 0 saturated carbocycles. The van der Waals surface area contributed by atoms with Gasteiger partial charge in [-0.1, -0.05) is 12.1 Å². The fourth-order valence-corrected chi connectivity index (χ4v) is 2.02. The van der Waals surface area contributed by atoms with E-state index in [1.807, 2.05) is 13.8 Å². The predicted molar refractivity (Wildman–Crippen MR) is 94.8 cm³/mol. The molecule has 1 atom stereocenters. The number of nitriles is 1. The molecular weight excluding hydrogens is 339 g/mol. The van der Waals surface area contributed by atoms with Crippen molar-refractivity contribution in [2.45, 2.75) is 26.4 Å². The zero-order valence-corrected chi connectivity index (χ0v) is 15.1. The van der Waals surface area contributed by atoms with Crippen molar-refractivity contribution in [2.24, 2.45) is 5.92 Å². The lowest BCUT2D eigenvalue weighted by atomic mass is 10.0. The molecule has 0 radical (unpaired) electrons. The third kappa shape index (κ3) is 7.03. The van der Waals surface area contributed by atoms with Gasteiger partial charge >= 0.3 is 0 Å². The average molecular weight is 362 g/mol. The molecule has 0 heterocycles. The van der Waals surface area contributed by atoms with Crippen LogP contribution in [0.25, 0.3) is 6.08 Å². The summed E-state index contributed by atoms with van der Waals surface area (Å²) in [7, 11) is 1.35. The molecule has 1 aromatic carbocycles. The fourth-order valence-electron chi connectivity index (χ4n) is 2.02. The Morgan fingerprint density at radius 3 is 2.69 bits per heavy atom. The Morgan fingerprint density at radius 1 is 1.38 bits per heavy atom. The smallest absolute Gasteiger partial charge is 0.245 e. The number of hydrogen-bond acceptors (Lipinski definition) is 5. The Balaban J connectivity index is 2.58. The van der Waals surface area contributed by atoms with Crippen LogP contribution in [-0.2, 0) is 14.3 Å². The van der Waals surface area contributed by atoms with E-state index in [-0.39, 0.29) is 11.9 Å². The summed E-state index contributed by atoms with van der Waals surface area (Å²) in [6.07, 6.45) is 3.12. The van der Waals surface area contributed by atoms with E-state index in [1.165, 1.54) is 25.3 Å². The van der Waals surface area contributed by atoms with Crippen molar-refractivity contribution < 1.29 is 23.5 Å². The van der Waals surface area contributed by atoms with Crippen LogP contribution in [0.5, 0.6) is 5.75 Å². The highest BCUT2D eigenvalue weighted by Gasteiger charge is 2.23. The normalized spacial score (nSPS) is 12.0. The summed E-state index contributed by atoms with van der Waals surface area (Å²) in [5, 5.41) is 11.6. The topological polar surface area (TPSA) is 88.4 Å². The number of halogens is 1. The number of benzene rings is 1. The first-order chi connectivity index (χ1) is 12.4. The maximum Gasteiger partial charge on any atom is 0.245 e. The summed E-state index contributed by atoms with van der Waals surface area (Å²) in [5.41, 5.74) is 0.416. The van der Waals surface area contributed by atoms with E-state index in [0.717, 1.165) is 6.08 Å². The molecule has 0 saturated heterocycles. The van der Waals surface area contributed by atoms with Crippen LogP contribution in [0, 0.1) is 23.1 Å². The molecule has 0 aromatic heterocycles. The van der Waals surface area contributed by atoms with Gasteiger partial charge in [-0.25, -0.2) is 4.39 Å². The second-order valence-electron chi connectivity index (χ2n) is 5.76. The van der Waals surface area contributed by atoms with Gasteiger partial charge in [-0.3, -0.25) is 9.59 Å². The molecule has 1 unspecified atom stereocenters. The van der Waals surface area contributed by atoms with Crippen LogP contribution in [-0.4, -0.2) is 38.1 Å². The van der Waals surface area contributed by atoms with Crippen molar-refractivity contribution in [2.75, 3.05) is 20.3 Å². The number of nitrogens with zero attached hydrogens (tertiary/aromatic N) is 1. The lowest BCUT2D eigenvalue weighted by Crippen LogP contribution is -2.35. The van der Waals surface area contributed by atoms with E-state index >= 15 is 0 Å². The van der Waals surface area contributed by atoms with Crippen molar-refractivity contribution in [3.63, 3.8) is 0 Å². The molecule has 0 fully saturated rings. The van der Waals surface area contributed by atoms with Crippen molar-refractivity contribution in [1.29, 1.82) is 5.26 Å². The summed E-state index contributed by atoms with van der Waals surface area (Å²) in [4.78, 5) is 24.0. The van der Waals surface area contributed by atoms with Crippen molar-refractivity contribution in [3.05, 3.63) is 35.7 Å². The number of methoxy groups -OCH3 is 1. The van der Waals surface area contributed by atoms with Gasteiger partial charge < -0.3 is 14.8 Å². The van der Waals surface area contributed by atoms with Crippen molar-refractivity contribution in [3.8, 4) is 11.8 Å². The summed E-state index contributed by atoms with van der Waals surface area (Å²) in [6.45, 7) is 4.60. The molecule has 6 nitrogen and oxygen atoms in total. The molecule has 0 spiro atoms. The molecule has 0 aliphatic rings. The van der Waals surface area contributed by atoms with E-state index in [9.17, 15) is 14.0 Å². The van der Waals surface area contributed by atoms with Gasteiger partial charge in [-0.2, -0.15) is 5.26 Å². The largest absolute Gasteiger partial charge is 0.494 e. The Hall–Kier alpha value is -2.72. The first-order valence-corrected chi connectivity index (χ1v) is 8.23. The van der Waals surface area contributed by atoms with Gasteiger partial charge in [0.1, 0.15) is 0 Å². The van der Waals surface area contributed by atoms with Crippen LogP contribution >= 0.6 is 0 Å². The standard InChI is InChI=1S/C19H23FN2O4/c1-13(2)26-10-4-9-22-19(24)15(12-21)17(23)7-5-14-6-8-18(25-3)16(20)11-14/h5-8,11,13,15H,4,9-10H2,1-3H3,(H,22,24). The minimum absolute atomic E-state index is 0.0872. The molecule has 140 valence electrons. The number of amides is 1. The number of allylic oxidation sites excluding steroid dienone is 1. The van der Waals surface area contributed by atoms with E-state index in [1.54, 1.807) is 12.1 Å². The molecule has 1 aromatic rings. The van der Waals surface area contributed by atoms with Gasteiger partial charge in [-0.05, 0) is 44.0 Å². The Morgan fingerprint density at radius 2 is 2.12 bits per heavy atom. The van der Waals surface area contributed by atoms with Crippen LogP contribution in [0.15, 0.2) is 24.3 Å². The number of ketones is 1. The van der Waals surface area contributed by atoms with Gasteiger partial charge in [0.05, 0.1) is 19.3 Å². The number of carbonyl (C=O) groups is 2. The Kier molecular flexibility index (Phi) is 9.02. The van der Waals surface area contributed by atoms with E-state index < -0.39 is 23.4 Å². The third-order valence-corrected chi connectivity index (χ3v) is 3.36. The first-order valence-electron chi connectivity index (χ1n) is 8.23. The molecule has 1 amide bonds. The van der Waals surface area contributed by atoms with Crippen LogP contribution in [0.2, 0.25) is 0 Å². The van der Waals surface area contributed by atoms with Gasteiger partial charge in [-0.15, -0.1) is 0 Å². The number of ether oxygens (including phenoxy) is 2. The minimum Gasteiger partial charge on any atom is -0.494 e. The lowest BCUT2D eigenvalue weighted by molar-refractivity contribution is -0.129. The molecule has 1 N–H and O–H groups in total. The van der Waals surface area contributed by atoms with E-state index in [4.69, 9.17) is 14.7 Å². The molecule has 7 heteroatoms. The maximum absolute atomic E-state index is 13.6. The Labute approximate surface area is 152 Å². The third-order valence-electron chi connectivity index (χ3n) is 3.36. The molecule has 0 bridgehead atoms. The highest BCUT2D eigenvalue weighted by molar-refractivity contribution is 6.10. The fraction of sp³-hybridized carbons (Fsp3) is 0.421. The Bertz CT molecular complexity index is 695. The summed E-state index contributed by atoms with van der Waals surface area (Å²) in [6, 6.07) is 5.86. The van der Waals surface area contributed by atoms with Gasteiger partial charge in [0.2, 0.25) is 5.91 Å². The van der Waals surface area contributed by atoms with Crippen LogP contribution in [0.3, 0.4) is 0 Å². The zero-order valence-electron chi connectivity index (χ0n) is 15.1. The average Bonchev–Trinajstić information content (AvgIpc) is 2.60. The highest BCUT2D eigenvalue weighted by Crippen LogP contribution is 2.18. The van der Waals surface area contributed by atoms with Crippen LogP contribution in [0.4, 0.5) is 4.39 Å². The summed E-state index contributed by atoms with van der Waals surface area (Å²) in [5.74, 6) is -3.25. The number of hydrogen-bond donors (Lipinski definition) is 1. The summed E-state index contributed by atoms with van der Waals surface area (Å²) >= 11 is 0. The number of rotatable bonds is 10. The SMILES string of the molecule is COc1ccc(C=CC(=O)C(C#N)C(=O)NCCCOC(C)C)cc1F. The second kappa shape index (κ2) is 11.0. The van der Waals surface area contributed by atoms with Crippen molar-refractivity contribution in [1.82, 2.24) is 5.32 Å². The zero-order chi connectivity index (χ0) is 19.5. The molecule has 26 heavy (non-hydrogen) atoms. The van der Waals surface area contributed by atoms with Crippen LogP contribution < -0.4 is 10.1 Å². The number of nitrogens with one attached hydrogen (secondary N) is 1. The van der Waals surface area contributed by atoms with Gasteiger partial charge in [0.25, 0.3) is 0 Å². The second-order valence-corrected chi connectivity index (χ2v) is 5.76. The molecule has 1 rings (SSSR count). The van der Waals surface area contributed by atoms with Crippen molar-refractivity contribution >= 4 is 17.8 Å². The van der Waals surface area contributed by atoms with Gasteiger partial charge in [0, 0.05) is 13.2 Å². The maximum atomic E-state index is 13.6. The van der Waals surface area contributed by atoms with E-state index in [2.05, 4.69) is 5.32 Å². The quantitative estimate of drug-likeness (QED) is 0.392. The molecule has 0 aliphatic carbocycles. The molecule has 0 aliphatic heterocycles. The highest BCUT2D eigenvalue weighted by atomic mass is 19.1. The lowest BCUT2D eigenvalue weighted by Gasteiger charge is -2.09. The first kappa shape index (κ1) is 21.3. The molecular formula is C19H23FN2O4. The van der Waals surface area contributed by atoms with Gasteiger partial charge in [0.15, 0.2) is 23.3 Å². The minimum atomic E-state index is -1.44. The number of carbonyl (C=O) groups excluding carboxylic acids is 2.